The SMILES string of the molecule is c1csc(-c2nccc3[nH]c(-c4n[nH]c5ccc(-c6ccncc6)cc45)nc23)c1. The lowest BCUT2D eigenvalue weighted by Gasteiger charge is -2.01. The Morgan fingerprint density at radius 3 is 2.62 bits per heavy atom. The van der Waals surface area contributed by atoms with E-state index in [1.54, 1.807) is 23.7 Å². The van der Waals surface area contributed by atoms with Crippen molar-refractivity contribution in [3.8, 4) is 33.2 Å². The number of hydrogen-bond donors (Lipinski definition) is 2. The number of hydrogen-bond acceptors (Lipinski definition) is 5. The van der Waals surface area contributed by atoms with E-state index >= 15 is 0 Å². The van der Waals surface area contributed by atoms with Crippen molar-refractivity contribution in [1.82, 2.24) is 30.1 Å². The molecule has 6 aromatic rings. The zero-order valence-electron chi connectivity index (χ0n) is 15.1. The second kappa shape index (κ2) is 6.35. The summed E-state index contributed by atoms with van der Waals surface area (Å²) in [5, 5.41) is 10.7. The minimum atomic E-state index is 0.726. The monoisotopic (exact) mass is 394 g/mol. The van der Waals surface area contributed by atoms with Gasteiger partial charge >= 0.3 is 0 Å². The molecular weight excluding hydrogens is 380 g/mol. The third kappa shape index (κ3) is 2.63. The lowest BCUT2D eigenvalue weighted by Crippen LogP contribution is -1.83. The van der Waals surface area contributed by atoms with Crippen LogP contribution in [0.2, 0.25) is 0 Å². The van der Waals surface area contributed by atoms with Gasteiger partial charge in [-0.25, -0.2) is 4.98 Å². The van der Waals surface area contributed by atoms with Crippen molar-refractivity contribution >= 4 is 33.3 Å². The molecule has 138 valence electrons. The summed E-state index contributed by atoms with van der Waals surface area (Å²) in [7, 11) is 0. The highest BCUT2D eigenvalue weighted by molar-refractivity contribution is 7.13. The number of rotatable bonds is 3. The van der Waals surface area contributed by atoms with E-state index in [0.29, 0.717) is 0 Å². The number of thiophene rings is 1. The van der Waals surface area contributed by atoms with Gasteiger partial charge in [0.25, 0.3) is 0 Å². The second-order valence-electron chi connectivity index (χ2n) is 6.69. The van der Waals surface area contributed by atoms with E-state index in [4.69, 9.17) is 4.98 Å². The minimum Gasteiger partial charge on any atom is -0.336 e. The highest BCUT2D eigenvalue weighted by Crippen LogP contribution is 2.33. The topological polar surface area (TPSA) is 83.1 Å². The van der Waals surface area contributed by atoms with Crippen molar-refractivity contribution in [3.63, 3.8) is 0 Å². The van der Waals surface area contributed by atoms with Crippen molar-refractivity contribution in [1.29, 1.82) is 0 Å². The van der Waals surface area contributed by atoms with Gasteiger partial charge in [-0.15, -0.1) is 11.3 Å². The molecule has 0 amide bonds. The maximum Gasteiger partial charge on any atom is 0.159 e. The molecule has 0 aliphatic carbocycles. The van der Waals surface area contributed by atoms with Crippen LogP contribution in [-0.2, 0) is 0 Å². The summed E-state index contributed by atoms with van der Waals surface area (Å²) in [6.45, 7) is 0. The summed E-state index contributed by atoms with van der Waals surface area (Å²) in [6.07, 6.45) is 5.41. The summed E-state index contributed by atoms with van der Waals surface area (Å²) in [6, 6.07) is 16.3. The molecule has 0 saturated heterocycles. The lowest BCUT2D eigenvalue weighted by atomic mass is 10.0. The van der Waals surface area contributed by atoms with E-state index in [1.165, 1.54) is 0 Å². The molecule has 1 aromatic carbocycles. The Bertz CT molecular complexity index is 1450. The molecule has 2 N–H and O–H groups in total. The summed E-state index contributed by atoms with van der Waals surface area (Å²) in [5.41, 5.74) is 6.67. The number of imidazole rings is 1. The van der Waals surface area contributed by atoms with Gasteiger partial charge < -0.3 is 4.98 Å². The molecule has 5 heterocycles. The van der Waals surface area contributed by atoms with E-state index < -0.39 is 0 Å². The number of benzene rings is 1. The zero-order valence-corrected chi connectivity index (χ0v) is 15.9. The van der Waals surface area contributed by atoms with Gasteiger partial charge in [0.05, 0.1) is 15.9 Å². The number of aromatic amines is 2. The van der Waals surface area contributed by atoms with Crippen LogP contribution in [0.15, 0.2) is 72.5 Å². The first-order valence-electron chi connectivity index (χ1n) is 9.14. The smallest absolute Gasteiger partial charge is 0.159 e. The molecule has 6 nitrogen and oxygen atoms in total. The molecule has 5 aromatic heterocycles. The molecule has 0 aliphatic heterocycles. The van der Waals surface area contributed by atoms with E-state index in [-0.39, 0.29) is 0 Å². The van der Waals surface area contributed by atoms with Crippen LogP contribution < -0.4 is 0 Å². The van der Waals surface area contributed by atoms with Crippen LogP contribution in [0.1, 0.15) is 0 Å². The lowest BCUT2D eigenvalue weighted by molar-refractivity contribution is 1.11. The zero-order chi connectivity index (χ0) is 19.2. The molecule has 0 spiro atoms. The van der Waals surface area contributed by atoms with Crippen molar-refractivity contribution in [2.24, 2.45) is 0 Å². The van der Waals surface area contributed by atoms with Gasteiger partial charge in [0.1, 0.15) is 16.9 Å². The summed E-state index contributed by atoms with van der Waals surface area (Å²) < 4.78 is 0. The fourth-order valence-corrected chi connectivity index (χ4v) is 4.28. The van der Waals surface area contributed by atoms with Crippen molar-refractivity contribution in [2.75, 3.05) is 0 Å². The van der Waals surface area contributed by atoms with Gasteiger partial charge in [-0.05, 0) is 52.9 Å². The average Bonchev–Trinajstić information content (AvgIpc) is 3.52. The van der Waals surface area contributed by atoms with E-state index in [1.807, 2.05) is 41.9 Å². The predicted octanol–water partition coefficient (Wildman–Crippen LogP) is 5.29. The molecule has 0 bridgehead atoms. The number of nitrogens with one attached hydrogen (secondary N) is 2. The van der Waals surface area contributed by atoms with E-state index in [0.717, 1.165) is 55.2 Å². The third-order valence-corrected chi connectivity index (χ3v) is 5.83. The van der Waals surface area contributed by atoms with Gasteiger partial charge in [0.15, 0.2) is 5.82 Å². The Labute approximate surface area is 169 Å². The number of H-pyrrole nitrogens is 2. The first-order chi connectivity index (χ1) is 14.4. The number of nitrogens with zero attached hydrogens (tertiary/aromatic N) is 4. The molecule has 0 fully saturated rings. The average molecular weight is 394 g/mol. The Morgan fingerprint density at radius 2 is 1.76 bits per heavy atom. The third-order valence-electron chi connectivity index (χ3n) is 4.96. The summed E-state index contributed by atoms with van der Waals surface area (Å²) >= 11 is 1.66. The predicted molar refractivity (Wildman–Crippen MR) is 116 cm³/mol. The maximum absolute atomic E-state index is 4.86. The normalized spacial score (nSPS) is 11.4. The van der Waals surface area contributed by atoms with Crippen LogP contribution in [0.25, 0.3) is 55.2 Å². The molecule has 7 heteroatoms. The number of pyridine rings is 2. The largest absolute Gasteiger partial charge is 0.336 e. The molecule has 0 saturated carbocycles. The minimum absolute atomic E-state index is 0.726. The number of aromatic nitrogens is 6. The van der Waals surface area contributed by atoms with Crippen molar-refractivity contribution in [3.05, 3.63) is 72.5 Å². The Hall–Kier alpha value is -3.84. The number of fused-ring (bicyclic) bond motifs is 2. The van der Waals surface area contributed by atoms with Gasteiger partial charge in [-0.3, -0.25) is 15.1 Å². The van der Waals surface area contributed by atoms with Gasteiger partial charge in [0, 0.05) is 24.0 Å². The van der Waals surface area contributed by atoms with Gasteiger partial charge in [0.2, 0.25) is 0 Å². The van der Waals surface area contributed by atoms with Gasteiger partial charge in [-0.2, -0.15) is 5.10 Å². The second-order valence-corrected chi connectivity index (χ2v) is 7.63. The first-order valence-corrected chi connectivity index (χ1v) is 10.0. The Kier molecular flexibility index (Phi) is 3.54. The van der Waals surface area contributed by atoms with Crippen LogP contribution in [-0.4, -0.2) is 30.1 Å². The van der Waals surface area contributed by atoms with E-state index in [2.05, 4.69) is 43.3 Å². The fourth-order valence-electron chi connectivity index (χ4n) is 3.56. The Morgan fingerprint density at radius 1 is 0.828 bits per heavy atom. The van der Waals surface area contributed by atoms with Gasteiger partial charge in [-0.1, -0.05) is 12.1 Å². The quantitative estimate of drug-likeness (QED) is 0.427. The van der Waals surface area contributed by atoms with Crippen molar-refractivity contribution in [2.45, 2.75) is 0 Å². The molecule has 0 radical (unpaired) electrons. The summed E-state index contributed by atoms with van der Waals surface area (Å²) in [4.78, 5) is 18.0. The first kappa shape index (κ1) is 16.1. The highest BCUT2D eigenvalue weighted by atomic mass is 32.1. The van der Waals surface area contributed by atoms with Crippen LogP contribution in [0.5, 0.6) is 0 Å². The molecule has 6 rings (SSSR count). The maximum atomic E-state index is 4.86. The van der Waals surface area contributed by atoms with Crippen LogP contribution in [0.4, 0.5) is 0 Å². The van der Waals surface area contributed by atoms with Crippen LogP contribution in [0, 0.1) is 0 Å². The molecule has 0 aliphatic rings. The molecular formula is C22H14N6S. The highest BCUT2D eigenvalue weighted by Gasteiger charge is 2.16. The standard InChI is InChI=1S/C22H14N6S/c1-2-18(29-11-1)21-20-17(7-10-24-21)25-22(26-20)19-15-12-14(3-4-16(15)27-28-19)13-5-8-23-9-6-13/h1-12H,(H,25,26)(H,27,28). The Balaban J connectivity index is 1.53. The summed E-state index contributed by atoms with van der Waals surface area (Å²) in [5.74, 6) is 0.726. The molecule has 29 heavy (non-hydrogen) atoms. The van der Waals surface area contributed by atoms with Crippen molar-refractivity contribution < 1.29 is 0 Å². The van der Waals surface area contributed by atoms with E-state index in [9.17, 15) is 0 Å². The fraction of sp³-hybridized carbons (Fsp3) is 0. The molecule has 0 atom stereocenters. The van der Waals surface area contributed by atoms with Crippen LogP contribution in [0.3, 0.4) is 0 Å². The van der Waals surface area contributed by atoms with Crippen LogP contribution >= 0.6 is 11.3 Å². The molecule has 0 unspecified atom stereocenters.